The van der Waals surface area contributed by atoms with Crippen molar-refractivity contribution in [3.8, 4) is 0 Å². The van der Waals surface area contributed by atoms with E-state index in [2.05, 4.69) is 32.7 Å². The monoisotopic (exact) mass is 491 g/mol. The lowest BCUT2D eigenvalue weighted by atomic mass is 9.79. The minimum atomic E-state index is -0.648. The Morgan fingerprint density at radius 1 is 1.11 bits per heavy atom. The van der Waals surface area contributed by atoms with Crippen molar-refractivity contribution in [2.75, 3.05) is 5.32 Å². The summed E-state index contributed by atoms with van der Waals surface area (Å²) in [5, 5.41) is 14.6. The fraction of sp³-hybridized carbons (Fsp3) is 0.519. The first-order valence-corrected chi connectivity index (χ1v) is 12.8. The highest BCUT2D eigenvalue weighted by Crippen LogP contribution is 2.31. The Morgan fingerprint density at radius 2 is 1.86 bits per heavy atom. The Morgan fingerprint density at radius 3 is 2.53 bits per heavy atom. The molecule has 4 rings (SSSR count). The van der Waals surface area contributed by atoms with E-state index >= 15 is 0 Å². The molecular weight excluding hydrogens is 454 g/mol. The van der Waals surface area contributed by atoms with Crippen molar-refractivity contribution < 1.29 is 9.59 Å². The van der Waals surface area contributed by atoms with Crippen molar-refractivity contribution >= 4 is 17.6 Å². The second kappa shape index (κ2) is 11.1. The zero-order valence-electron chi connectivity index (χ0n) is 21.9. The second-order valence-corrected chi connectivity index (χ2v) is 10.3. The minimum absolute atomic E-state index is 0.0403. The van der Waals surface area contributed by atoms with E-state index in [9.17, 15) is 9.59 Å². The summed E-state index contributed by atoms with van der Waals surface area (Å²) < 4.78 is 3.55. The molecule has 1 atom stereocenters. The van der Waals surface area contributed by atoms with Gasteiger partial charge in [0.15, 0.2) is 0 Å². The quantitative estimate of drug-likeness (QED) is 0.494. The molecule has 1 fully saturated rings. The molecule has 3 heterocycles. The predicted octanol–water partition coefficient (Wildman–Crippen LogP) is 4.06. The minimum Gasteiger partial charge on any atom is -0.339 e. The number of hydrogen-bond acceptors (Lipinski definition) is 5. The Bertz CT molecular complexity index is 1180. The van der Waals surface area contributed by atoms with Crippen molar-refractivity contribution in [2.24, 2.45) is 18.9 Å². The van der Waals surface area contributed by atoms with Gasteiger partial charge in [-0.2, -0.15) is 10.2 Å². The van der Waals surface area contributed by atoms with Crippen LogP contribution in [0.5, 0.6) is 0 Å². The highest BCUT2D eigenvalue weighted by molar-refractivity contribution is 6.00. The third-order valence-electron chi connectivity index (χ3n) is 7.21. The molecule has 192 valence electrons. The van der Waals surface area contributed by atoms with Crippen LogP contribution in [0.2, 0.25) is 0 Å². The number of anilines is 1. The molecule has 0 unspecified atom stereocenters. The van der Waals surface area contributed by atoms with E-state index in [1.807, 2.05) is 50.8 Å². The van der Waals surface area contributed by atoms with E-state index < -0.39 is 6.04 Å². The Kier molecular flexibility index (Phi) is 7.86. The zero-order valence-corrected chi connectivity index (χ0v) is 21.9. The smallest absolute Gasteiger partial charge is 0.270 e. The third-order valence-corrected chi connectivity index (χ3v) is 7.21. The molecule has 0 bridgehead atoms. The first-order chi connectivity index (χ1) is 17.2. The molecule has 0 aliphatic heterocycles. The zero-order chi connectivity index (χ0) is 25.8. The lowest BCUT2D eigenvalue weighted by Crippen LogP contribution is -2.49. The summed E-state index contributed by atoms with van der Waals surface area (Å²) in [7, 11) is 1.93. The first-order valence-electron chi connectivity index (χ1n) is 12.8. The van der Waals surface area contributed by atoms with Crippen molar-refractivity contribution in [3.05, 3.63) is 59.3 Å². The Labute approximate surface area is 212 Å². The number of carbonyl (C=O) groups is 2. The molecule has 0 aromatic carbocycles. The fourth-order valence-corrected chi connectivity index (χ4v) is 5.01. The van der Waals surface area contributed by atoms with Gasteiger partial charge in [-0.1, -0.05) is 19.8 Å². The van der Waals surface area contributed by atoms with Crippen LogP contribution in [0.1, 0.15) is 79.8 Å². The van der Waals surface area contributed by atoms with Crippen LogP contribution >= 0.6 is 0 Å². The standard InChI is InChI=1S/C27H37N7O2/c1-17(2)34-22(11-13-29-34)26(35)32-25(21-8-6-18(3)7-9-21)27(36)31-24-15-20(10-12-28-24)14-23-19(4)16-30-33(23)5/h10-13,15-18,21,25H,6-9,14H2,1-5H3,(H,32,35)(H,28,31,36)/t18?,21?,25-/m0/s1. The van der Waals surface area contributed by atoms with Crippen LogP contribution in [-0.2, 0) is 18.3 Å². The molecule has 0 radical (unpaired) electrons. The maximum absolute atomic E-state index is 13.6. The van der Waals surface area contributed by atoms with Gasteiger partial charge in [-0.05, 0) is 74.8 Å². The van der Waals surface area contributed by atoms with Gasteiger partial charge in [-0.15, -0.1) is 0 Å². The summed E-state index contributed by atoms with van der Waals surface area (Å²) in [5.74, 6) is 0.666. The van der Waals surface area contributed by atoms with Gasteiger partial charge >= 0.3 is 0 Å². The van der Waals surface area contributed by atoms with E-state index in [4.69, 9.17) is 0 Å². The summed E-state index contributed by atoms with van der Waals surface area (Å²) in [6.07, 6.45) is 9.75. The van der Waals surface area contributed by atoms with Gasteiger partial charge < -0.3 is 10.6 Å². The molecule has 0 spiro atoms. The number of pyridine rings is 1. The van der Waals surface area contributed by atoms with Gasteiger partial charge in [-0.25, -0.2) is 4.98 Å². The van der Waals surface area contributed by atoms with Crippen LogP contribution in [0, 0.1) is 18.8 Å². The number of aryl methyl sites for hydroxylation is 2. The molecule has 2 amide bonds. The second-order valence-electron chi connectivity index (χ2n) is 10.3. The molecule has 3 aromatic rings. The number of rotatable bonds is 8. The molecule has 9 heteroatoms. The molecule has 3 aromatic heterocycles. The summed E-state index contributed by atoms with van der Waals surface area (Å²) in [5.41, 5.74) is 3.72. The van der Waals surface area contributed by atoms with Gasteiger partial charge in [0.1, 0.15) is 17.6 Å². The van der Waals surface area contributed by atoms with Crippen LogP contribution in [0.15, 0.2) is 36.8 Å². The van der Waals surface area contributed by atoms with Crippen molar-refractivity contribution in [1.82, 2.24) is 29.9 Å². The summed E-state index contributed by atoms with van der Waals surface area (Å²) >= 11 is 0. The number of aromatic nitrogens is 5. The number of amides is 2. The molecule has 2 N–H and O–H groups in total. The topological polar surface area (TPSA) is 107 Å². The lowest BCUT2D eigenvalue weighted by molar-refractivity contribution is -0.119. The van der Waals surface area contributed by atoms with Gasteiger partial charge in [-0.3, -0.25) is 19.0 Å². The van der Waals surface area contributed by atoms with E-state index in [0.29, 0.717) is 23.9 Å². The fourth-order valence-electron chi connectivity index (χ4n) is 5.01. The van der Waals surface area contributed by atoms with Crippen LogP contribution in [0.3, 0.4) is 0 Å². The van der Waals surface area contributed by atoms with Crippen LogP contribution < -0.4 is 10.6 Å². The largest absolute Gasteiger partial charge is 0.339 e. The summed E-state index contributed by atoms with van der Waals surface area (Å²) in [4.78, 5) is 31.2. The van der Waals surface area contributed by atoms with Crippen LogP contribution in [0.25, 0.3) is 0 Å². The maximum Gasteiger partial charge on any atom is 0.270 e. The van der Waals surface area contributed by atoms with E-state index in [-0.39, 0.29) is 23.8 Å². The van der Waals surface area contributed by atoms with E-state index in [1.54, 1.807) is 23.1 Å². The third kappa shape index (κ3) is 5.83. The maximum atomic E-state index is 13.6. The average molecular weight is 492 g/mol. The Hall–Kier alpha value is -3.49. The van der Waals surface area contributed by atoms with Crippen molar-refractivity contribution in [1.29, 1.82) is 0 Å². The first kappa shape index (κ1) is 25.6. The highest BCUT2D eigenvalue weighted by Gasteiger charge is 2.33. The predicted molar refractivity (Wildman–Crippen MR) is 139 cm³/mol. The van der Waals surface area contributed by atoms with Crippen LogP contribution in [-0.4, -0.2) is 42.4 Å². The molecular formula is C27H37N7O2. The molecule has 1 aliphatic carbocycles. The molecule has 9 nitrogen and oxygen atoms in total. The number of nitrogens with zero attached hydrogens (tertiary/aromatic N) is 5. The molecule has 1 saturated carbocycles. The average Bonchev–Trinajstić information content (AvgIpc) is 3.46. The summed E-state index contributed by atoms with van der Waals surface area (Å²) in [6, 6.07) is 4.92. The van der Waals surface area contributed by atoms with Gasteiger partial charge in [0.25, 0.3) is 5.91 Å². The number of carbonyl (C=O) groups excluding carboxylic acids is 2. The summed E-state index contributed by atoms with van der Waals surface area (Å²) in [6.45, 7) is 8.23. The SMILES string of the molecule is Cc1cnn(C)c1Cc1ccnc(NC(=O)[C@@H](NC(=O)c2ccnn2C(C)C)C2CCC(C)CC2)c1. The van der Waals surface area contributed by atoms with Gasteiger partial charge in [0.2, 0.25) is 5.91 Å². The molecule has 1 aliphatic rings. The normalized spacial score (nSPS) is 18.7. The lowest BCUT2D eigenvalue weighted by Gasteiger charge is -2.32. The number of nitrogens with one attached hydrogen (secondary N) is 2. The van der Waals surface area contributed by atoms with Gasteiger partial charge in [0.05, 0.1) is 6.20 Å². The molecule has 36 heavy (non-hydrogen) atoms. The molecule has 0 saturated heterocycles. The van der Waals surface area contributed by atoms with Crippen molar-refractivity contribution in [3.63, 3.8) is 0 Å². The van der Waals surface area contributed by atoms with Crippen LogP contribution in [0.4, 0.5) is 5.82 Å². The Balaban J connectivity index is 1.52. The highest BCUT2D eigenvalue weighted by atomic mass is 16.2. The van der Waals surface area contributed by atoms with Gasteiger partial charge in [0, 0.05) is 37.6 Å². The van der Waals surface area contributed by atoms with E-state index in [0.717, 1.165) is 42.5 Å². The van der Waals surface area contributed by atoms with E-state index in [1.165, 1.54) is 0 Å². The van der Waals surface area contributed by atoms with Crippen molar-refractivity contribution in [2.45, 2.75) is 71.9 Å². The number of hydrogen-bond donors (Lipinski definition) is 2.